The molecular formula is C33H38F4N4O5S. The van der Waals surface area contributed by atoms with Crippen molar-refractivity contribution >= 4 is 28.5 Å². The third-order valence-corrected chi connectivity index (χ3v) is 11.0. The maximum absolute atomic E-state index is 15.4. The van der Waals surface area contributed by atoms with Crippen molar-refractivity contribution in [2.45, 2.75) is 56.1 Å². The molecule has 2 bridgehead atoms. The van der Waals surface area contributed by atoms with Crippen LogP contribution in [-0.4, -0.2) is 79.4 Å². The number of benzene rings is 3. The number of carboxylic acid groups (broad SMARTS) is 1. The fourth-order valence-electron chi connectivity index (χ4n) is 6.54. The maximum atomic E-state index is 15.4. The summed E-state index contributed by atoms with van der Waals surface area (Å²) in [6.45, 7) is 0.911. The van der Waals surface area contributed by atoms with E-state index in [1.54, 1.807) is 4.31 Å². The number of likely N-dealkylation sites (N-methyl/N-ethyl adjacent to an activating group) is 1. The van der Waals surface area contributed by atoms with Gasteiger partial charge >= 0.3 is 6.09 Å². The summed E-state index contributed by atoms with van der Waals surface area (Å²) < 4.78 is 81.7. The standard InChI is InChI=1S/C33H38F4N4O5S/c1-40(33(43)44)31(30(20-8-10-22(34)11-9-20)21-15-23(35)17-24(36)16-21)32(42)39-29-7-4-6-28(37)27(29)13-12-26-18-38-25-5-2-3-14-47(45,46)41(26)19-25/h4,6-11,15-17,25-26,30-31,38,45-46H,2-3,5,12-14,18-19H2,1H3,(H,39,42)(H,43,44)/t25-,26+,30+,31+/m1/s1. The van der Waals surface area contributed by atoms with Crippen molar-refractivity contribution in [3.63, 3.8) is 0 Å². The molecule has 3 aromatic carbocycles. The number of nitrogens with one attached hydrogen (secondary N) is 2. The van der Waals surface area contributed by atoms with Gasteiger partial charge in [-0.25, -0.2) is 26.7 Å². The Labute approximate surface area is 272 Å². The molecule has 14 heteroatoms. The number of hydrogen-bond acceptors (Lipinski definition) is 6. The first-order valence-corrected chi connectivity index (χ1v) is 17.0. The van der Waals surface area contributed by atoms with Crippen LogP contribution in [0.4, 0.5) is 28.0 Å². The summed E-state index contributed by atoms with van der Waals surface area (Å²) in [6, 6.07) is 9.56. The number of carbonyl (C=O) groups excluding carboxylic acids is 1. The van der Waals surface area contributed by atoms with Crippen molar-refractivity contribution < 1.29 is 41.4 Å². The second-order valence-corrected chi connectivity index (χ2v) is 14.2. The van der Waals surface area contributed by atoms with Gasteiger partial charge in [0, 0.05) is 55.5 Å². The van der Waals surface area contributed by atoms with E-state index < -0.39 is 58.0 Å². The van der Waals surface area contributed by atoms with Crippen molar-refractivity contribution in [1.82, 2.24) is 14.5 Å². The average molecular weight is 679 g/mol. The SMILES string of the molecule is CN(C(=O)O)[C@H](C(=O)Nc1cccc(F)c1CC[C@H]1CN[C@@H]2CCCCS(O)(O)N1C2)[C@@H](c1ccc(F)cc1)c1cc(F)cc(F)c1. The molecule has 9 nitrogen and oxygen atoms in total. The Kier molecular flexibility index (Phi) is 10.8. The normalized spacial score (nSPS) is 22.7. The summed E-state index contributed by atoms with van der Waals surface area (Å²) in [4.78, 5) is 27.0. The monoisotopic (exact) mass is 678 g/mol. The van der Waals surface area contributed by atoms with Gasteiger partial charge in [0.2, 0.25) is 5.91 Å². The van der Waals surface area contributed by atoms with Gasteiger partial charge in [-0.15, -0.1) is 10.8 Å². The zero-order chi connectivity index (χ0) is 33.9. The highest BCUT2D eigenvalue weighted by Gasteiger charge is 2.39. The molecular weight excluding hydrogens is 640 g/mol. The van der Waals surface area contributed by atoms with Gasteiger partial charge in [0.05, 0.1) is 5.75 Å². The number of halogens is 4. The highest BCUT2D eigenvalue weighted by Crippen LogP contribution is 2.48. The quantitative estimate of drug-likeness (QED) is 0.166. The molecule has 0 spiro atoms. The van der Waals surface area contributed by atoms with Gasteiger partial charge in [0.15, 0.2) is 0 Å². The summed E-state index contributed by atoms with van der Waals surface area (Å²) in [5, 5.41) is 16.1. The van der Waals surface area contributed by atoms with Crippen LogP contribution in [0.5, 0.6) is 0 Å². The molecule has 2 aliphatic heterocycles. The van der Waals surface area contributed by atoms with Gasteiger partial charge in [0.25, 0.3) is 0 Å². The predicted octanol–water partition coefficient (Wildman–Crippen LogP) is 6.42. The fraction of sp³-hybridized carbons (Fsp3) is 0.394. The van der Waals surface area contributed by atoms with Crippen LogP contribution in [0.25, 0.3) is 0 Å². The van der Waals surface area contributed by atoms with E-state index in [2.05, 4.69) is 10.6 Å². The lowest BCUT2D eigenvalue weighted by molar-refractivity contribution is -0.120. The van der Waals surface area contributed by atoms with Gasteiger partial charge in [0.1, 0.15) is 29.3 Å². The van der Waals surface area contributed by atoms with E-state index in [1.165, 1.54) is 30.3 Å². The van der Waals surface area contributed by atoms with Crippen molar-refractivity contribution in [1.29, 1.82) is 0 Å². The smallest absolute Gasteiger partial charge is 0.407 e. The molecule has 5 N–H and O–H groups in total. The van der Waals surface area contributed by atoms with E-state index >= 15 is 4.39 Å². The van der Waals surface area contributed by atoms with Crippen LogP contribution < -0.4 is 10.6 Å². The molecule has 2 aliphatic rings. The van der Waals surface area contributed by atoms with E-state index in [1.807, 2.05) is 0 Å². The molecule has 2 heterocycles. The molecule has 254 valence electrons. The zero-order valence-corrected chi connectivity index (χ0v) is 26.5. The summed E-state index contributed by atoms with van der Waals surface area (Å²) in [5.41, 5.74) is 0.318. The van der Waals surface area contributed by atoms with E-state index in [9.17, 15) is 37.0 Å². The zero-order valence-electron chi connectivity index (χ0n) is 25.7. The van der Waals surface area contributed by atoms with Crippen molar-refractivity contribution in [3.8, 4) is 0 Å². The lowest BCUT2D eigenvalue weighted by atomic mass is 9.83. The Balaban J connectivity index is 1.46. The van der Waals surface area contributed by atoms with Crippen LogP contribution in [0, 0.1) is 23.3 Å². The molecule has 47 heavy (non-hydrogen) atoms. The molecule has 2 fully saturated rings. The average Bonchev–Trinajstić information content (AvgIpc) is 3.01. The molecule has 2 saturated heterocycles. The highest BCUT2D eigenvalue weighted by atomic mass is 32.3. The van der Waals surface area contributed by atoms with Gasteiger partial charge in [-0.2, -0.15) is 0 Å². The molecule has 1 unspecified atom stereocenters. The number of fused-ring (bicyclic) bond motifs is 2. The largest absolute Gasteiger partial charge is 0.465 e. The number of piperazine rings is 1. The molecule has 0 saturated carbocycles. The number of hydrogen-bond donors (Lipinski definition) is 5. The first-order chi connectivity index (χ1) is 22.3. The molecule has 0 aliphatic carbocycles. The minimum atomic E-state index is -3.02. The van der Waals surface area contributed by atoms with Gasteiger partial charge in [-0.1, -0.05) is 24.6 Å². The van der Waals surface area contributed by atoms with Crippen LogP contribution in [0.3, 0.4) is 0 Å². The Morgan fingerprint density at radius 2 is 1.70 bits per heavy atom. The maximum Gasteiger partial charge on any atom is 0.407 e. The van der Waals surface area contributed by atoms with Crippen LogP contribution >= 0.6 is 10.8 Å². The Hall–Kier alpha value is -3.69. The molecule has 2 amide bonds. The van der Waals surface area contributed by atoms with Crippen molar-refractivity contribution in [3.05, 3.63) is 101 Å². The molecule has 5 atom stereocenters. The minimum Gasteiger partial charge on any atom is -0.465 e. The molecule has 0 aromatic heterocycles. The van der Waals surface area contributed by atoms with Gasteiger partial charge in [-0.05, 0) is 73.2 Å². The number of amides is 2. The Morgan fingerprint density at radius 3 is 2.38 bits per heavy atom. The Morgan fingerprint density at radius 1 is 1.00 bits per heavy atom. The minimum absolute atomic E-state index is 0.0583. The second-order valence-electron chi connectivity index (χ2n) is 12.1. The number of rotatable bonds is 9. The van der Waals surface area contributed by atoms with E-state index in [0.717, 1.165) is 44.2 Å². The van der Waals surface area contributed by atoms with Crippen LogP contribution in [-0.2, 0) is 11.2 Å². The Bertz CT molecular complexity index is 1580. The third kappa shape index (κ3) is 8.07. The van der Waals surface area contributed by atoms with Crippen molar-refractivity contribution in [2.75, 3.05) is 31.2 Å². The van der Waals surface area contributed by atoms with Gasteiger partial charge in [-0.3, -0.25) is 18.8 Å². The first kappa shape index (κ1) is 34.6. The van der Waals surface area contributed by atoms with E-state index in [-0.39, 0.29) is 46.6 Å². The molecule has 3 aromatic rings. The van der Waals surface area contributed by atoms with Crippen LogP contribution in [0.15, 0.2) is 60.7 Å². The summed E-state index contributed by atoms with van der Waals surface area (Å²) in [5.74, 6) is -5.11. The highest BCUT2D eigenvalue weighted by molar-refractivity contribution is 8.22. The lowest BCUT2D eigenvalue weighted by Gasteiger charge is -2.52. The topological polar surface area (TPSA) is 125 Å². The molecule has 0 radical (unpaired) electrons. The second kappa shape index (κ2) is 14.6. The van der Waals surface area contributed by atoms with Crippen molar-refractivity contribution in [2.24, 2.45) is 0 Å². The first-order valence-electron chi connectivity index (χ1n) is 15.4. The summed E-state index contributed by atoms with van der Waals surface area (Å²) in [7, 11) is -1.89. The predicted molar refractivity (Wildman–Crippen MR) is 171 cm³/mol. The van der Waals surface area contributed by atoms with E-state index in [4.69, 9.17) is 0 Å². The van der Waals surface area contributed by atoms with E-state index in [0.29, 0.717) is 36.9 Å². The molecule has 5 rings (SSSR count). The number of anilines is 1. The summed E-state index contributed by atoms with van der Waals surface area (Å²) in [6.07, 6.45) is 1.37. The summed E-state index contributed by atoms with van der Waals surface area (Å²) >= 11 is 0. The number of carbonyl (C=O) groups is 2. The fourth-order valence-corrected chi connectivity index (χ4v) is 8.44. The number of nitrogens with zero attached hydrogens (tertiary/aromatic N) is 2. The van der Waals surface area contributed by atoms with Gasteiger partial charge < -0.3 is 15.7 Å². The third-order valence-electron chi connectivity index (χ3n) is 8.93. The lowest BCUT2D eigenvalue weighted by Crippen LogP contribution is -2.57. The van der Waals surface area contributed by atoms with Crippen LogP contribution in [0.2, 0.25) is 0 Å². The van der Waals surface area contributed by atoms with Crippen LogP contribution in [0.1, 0.15) is 48.3 Å².